The Morgan fingerprint density at radius 2 is 2.21 bits per heavy atom. The fourth-order valence-electron chi connectivity index (χ4n) is 1.38. The van der Waals surface area contributed by atoms with Crippen LogP contribution in [0.25, 0.3) is 10.2 Å². The van der Waals surface area contributed by atoms with Gasteiger partial charge in [0.05, 0.1) is 11.8 Å². The lowest BCUT2D eigenvalue weighted by Crippen LogP contribution is -1.87. The van der Waals surface area contributed by atoms with Crippen molar-refractivity contribution >= 4 is 26.7 Å². The number of thiazole rings is 1. The summed E-state index contributed by atoms with van der Waals surface area (Å²) in [6.07, 6.45) is 0. The molecule has 1 heterocycles. The molecule has 2 aromatic rings. The molecule has 0 unspecified atom stereocenters. The number of fused-ring (bicyclic) bond motifs is 1. The lowest BCUT2D eigenvalue weighted by atomic mass is 10.2. The first-order valence-electron chi connectivity index (χ1n) is 4.38. The summed E-state index contributed by atoms with van der Waals surface area (Å²) >= 11 is 1.65. The maximum absolute atomic E-state index is 5.26. The van der Waals surface area contributed by atoms with Crippen LogP contribution in [-0.2, 0) is 0 Å². The third-order valence-corrected chi connectivity index (χ3v) is 3.35. The molecular weight excluding hydrogens is 196 g/mol. The molecule has 0 fully saturated rings. The minimum absolute atomic E-state index is 0.836. The van der Waals surface area contributed by atoms with E-state index in [1.54, 1.807) is 18.4 Å². The second-order valence-electron chi connectivity index (χ2n) is 3.03. The summed E-state index contributed by atoms with van der Waals surface area (Å²) in [7, 11) is 3.54. The fraction of sp³-hybridized carbons (Fsp3) is 0.300. The van der Waals surface area contributed by atoms with Crippen LogP contribution >= 0.6 is 11.3 Å². The van der Waals surface area contributed by atoms with Gasteiger partial charge in [0.15, 0.2) is 5.13 Å². The normalized spacial score (nSPS) is 10.5. The zero-order chi connectivity index (χ0) is 10.1. The van der Waals surface area contributed by atoms with E-state index in [2.05, 4.69) is 23.3 Å². The number of aryl methyl sites for hydroxylation is 1. The van der Waals surface area contributed by atoms with Crippen molar-refractivity contribution < 1.29 is 4.74 Å². The van der Waals surface area contributed by atoms with Crippen molar-refractivity contribution in [1.82, 2.24) is 4.98 Å². The van der Waals surface area contributed by atoms with Crippen LogP contribution in [0.2, 0.25) is 0 Å². The number of ether oxygens (including phenoxy) is 1. The van der Waals surface area contributed by atoms with Crippen molar-refractivity contribution in [3.63, 3.8) is 0 Å². The van der Waals surface area contributed by atoms with E-state index >= 15 is 0 Å². The van der Waals surface area contributed by atoms with E-state index in [4.69, 9.17) is 4.74 Å². The molecule has 0 saturated heterocycles. The van der Waals surface area contributed by atoms with E-state index in [1.807, 2.05) is 13.1 Å². The van der Waals surface area contributed by atoms with Crippen molar-refractivity contribution in [2.24, 2.45) is 0 Å². The number of anilines is 1. The predicted octanol–water partition coefficient (Wildman–Crippen LogP) is 2.66. The summed E-state index contributed by atoms with van der Waals surface area (Å²) in [4.78, 5) is 4.45. The molecule has 0 bridgehead atoms. The van der Waals surface area contributed by atoms with Gasteiger partial charge in [-0.25, -0.2) is 4.98 Å². The number of nitrogens with zero attached hydrogens (tertiary/aromatic N) is 1. The molecule has 3 nitrogen and oxygen atoms in total. The van der Waals surface area contributed by atoms with Gasteiger partial charge >= 0.3 is 0 Å². The first kappa shape index (κ1) is 9.27. The topological polar surface area (TPSA) is 34.2 Å². The summed E-state index contributed by atoms with van der Waals surface area (Å²) < 4.78 is 6.45. The summed E-state index contributed by atoms with van der Waals surface area (Å²) in [5, 5.41) is 3.97. The Balaban J connectivity index is 2.74. The molecular formula is C10H12N2OS. The van der Waals surface area contributed by atoms with Gasteiger partial charge in [-0.2, -0.15) is 0 Å². The van der Waals surface area contributed by atoms with Crippen LogP contribution in [0.5, 0.6) is 5.75 Å². The first-order chi connectivity index (χ1) is 6.76. The van der Waals surface area contributed by atoms with Crippen LogP contribution in [0, 0.1) is 6.92 Å². The van der Waals surface area contributed by atoms with Gasteiger partial charge in [-0.3, -0.25) is 0 Å². The zero-order valence-corrected chi connectivity index (χ0v) is 9.23. The molecule has 0 aliphatic heterocycles. The van der Waals surface area contributed by atoms with E-state index in [1.165, 1.54) is 10.3 Å². The van der Waals surface area contributed by atoms with Crippen LogP contribution in [0.15, 0.2) is 12.1 Å². The van der Waals surface area contributed by atoms with Gasteiger partial charge in [-0.05, 0) is 18.6 Å². The van der Waals surface area contributed by atoms with Gasteiger partial charge < -0.3 is 10.1 Å². The largest absolute Gasteiger partial charge is 0.494 e. The lowest BCUT2D eigenvalue weighted by molar-refractivity contribution is 0.419. The predicted molar refractivity (Wildman–Crippen MR) is 60.5 cm³/mol. The molecule has 4 heteroatoms. The maximum Gasteiger partial charge on any atom is 0.183 e. The molecule has 0 saturated carbocycles. The van der Waals surface area contributed by atoms with Gasteiger partial charge in [0.1, 0.15) is 11.3 Å². The number of benzene rings is 1. The Morgan fingerprint density at radius 1 is 1.43 bits per heavy atom. The number of hydrogen-bond donors (Lipinski definition) is 1. The van der Waals surface area contributed by atoms with Crippen LogP contribution in [0.1, 0.15) is 5.56 Å². The number of methoxy groups -OCH3 is 1. The van der Waals surface area contributed by atoms with Crippen molar-refractivity contribution in [1.29, 1.82) is 0 Å². The van der Waals surface area contributed by atoms with Crippen molar-refractivity contribution in [3.8, 4) is 5.75 Å². The molecule has 1 N–H and O–H groups in total. The van der Waals surface area contributed by atoms with Gasteiger partial charge in [-0.1, -0.05) is 17.4 Å². The summed E-state index contributed by atoms with van der Waals surface area (Å²) in [6.45, 7) is 2.08. The molecule has 0 radical (unpaired) electrons. The molecule has 74 valence electrons. The minimum atomic E-state index is 0.836. The van der Waals surface area contributed by atoms with Gasteiger partial charge in [-0.15, -0.1) is 0 Å². The summed E-state index contributed by atoms with van der Waals surface area (Å²) in [5.41, 5.74) is 2.18. The maximum atomic E-state index is 5.26. The molecule has 0 aliphatic rings. The molecule has 1 aromatic heterocycles. The Hall–Kier alpha value is -1.29. The molecule has 0 spiro atoms. The molecule has 14 heavy (non-hydrogen) atoms. The van der Waals surface area contributed by atoms with Crippen molar-refractivity contribution in [3.05, 3.63) is 17.7 Å². The summed E-state index contributed by atoms with van der Waals surface area (Å²) in [5.74, 6) is 0.836. The van der Waals surface area contributed by atoms with Crippen LogP contribution in [0.3, 0.4) is 0 Å². The highest BCUT2D eigenvalue weighted by atomic mass is 32.1. The monoisotopic (exact) mass is 208 g/mol. The van der Waals surface area contributed by atoms with Crippen LogP contribution in [0.4, 0.5) is 5.13 Å². The smallest absolute Gasteiger partial charge is 0.183 e. The summed E-state index contributed by atoms with van der Waals surface area (Å²) in [6, 6.07) is 4.01. The SMILES string of the molecule is CNc1nc2c(OC)ccc(C)c2s1. The minimum Gasteiger partial charge on any atom is -0.494 e. The van der Waals surface area contributed by atoms with Gasteiger partial charge in [0, 0.05) is 7.05 Å². The van der Waals surface area contributed by atoms with E-state index in [-0.39, 0.29) is 0 Å². The van der Waals surface area contributed by atoms with Gasteiger partial charge in [0.25, 0.3) is 0 Å². The van der Waals surface area contributed by atoms with Crippen molar-refractivity contribution in [2.75, 3.05) is 19.5 Å². The third-order valence-electron chi connectivity index (χ3n) is 2.14. The number of nitrogens with one attached hydrogen (secondary N) is 1. The molecule has 1 aromatic carbocycles. The number of rotatable bonds is 2. The standard InChI is InChI=1S/C10H12N2OS/c1-6-4-5-7(13-3)8-9(6)14-10(11-2)12-8/h4-5H,1-3H3,(H,11,12). The Labute approximate surface area is 86.7 Å². The molecule has 0 atom stereocenters. The molecule has 2 rings (SSSR count). The third kappa shape index (κ3) is 1.32. The van der Waals surface area contributed by atoms with Gasteiger partial charge in [0.2, 0.25) is 0 Å². The Kier molecular flexibility index (Phi) is 2.29. The highest BCUT2D eigenvalue weighted by molar-refractivity contribution is 7.22. The van der Waals surface area contributed by atoms with E-state index in [0.717, 1.165) is 16.4 Å². The zero-order valence-electron chi connectivity index (χ0n) is 8.42. The number of hydrogen-bond acceptors (Lipinski definition) is 4. The Morgan fingerprint density at radius 3 is 2.86 bits per heavy atom. The Bertz CT molecular complexity index is 464. The quantitative estimate of drug-likeness (QED) is 0.823. The highest BCUT2D eigenvalue weighted by Crippen LogP contribution is 2.34. The molecule has 0 amide bonds. The van der Waals surface area contributed by atoms with E-state index in [0.29, 0.717) is 0 Å². The molecule has 0 aliphatic carbocycles. The lowest BCUT2D eigenvalue weighted by Gasteiger charge is -2.00. The van der Waals surface area contributed by atoms with Crippen molar-refractivity contribution in [2.45, 2.75) is 6.92 Å². The average Bonchev–Trinajstić information content (AvgIpc) is 2.63. The first-order valence-corrected chi connectivity index (χ1v) is 5.20. The fourth-order valence-corrected chi connectivity index (χ4v) is 2.29. The van der Waals surface area contributed by atoms with E-state index in [9.17, 15) is 0 Å². The van der Waals surface area contributed by atoms with Crippen LogP contribution < -0.4 is 10.1 Å². The number of aromatic nitrogens is 1. The van der Waals surface area contributed by atoms with Crippen LogP contribution in [-0.4, -0.2) is 19.1 Å². The second kappa shape index (κ2) is 3.46. The average molecular weight is 208 g/mol. The second-order valence-corrected chi connectivity index (χ2v) is 4.03. The highest BCUT2D eigenvalue weighted by Gasteiger charge is 2.09. The van der Waals surface area contributed by atoms with E-state index < -0.39 is 0 Å².